The summed E-state index contributed by atoms with van der Waals surface area (Å²) in [7, 11) is 3.55. The van der Waals surface area contributed by atoms with E-state index in [0.29, 0.717) is 12.1 Å². The van der Waals surface area contributed by atoms with Gasteiger partial charge >= 0.3 is 0 Å². The zero-order valence-corrected chi connectivity index (χ0v) is 13.7. The molecular formula is C17H28N4O. The van der Waals surface area contributed by atoms with Crippen LogP contribution in [0.2, 0.25) is 0 Å². The predicted molar refractivity (Wildman–Crippen MR) is 88.7 cm³/mol. The van der Waals surface area contributed by atoms with Gasteiger partial charge in [0.25, 0.3) is 0 Å². The maximum atomic E-state index is 11.8. The first-order chi connectivity index (χ1) is 10.6. The third-order valence-corrected chi connectivity index (χ3v) is 5.28. The highest BCUT2D eigenvalue weighted by Crippen LogP contribution is 2.44. The minimum Gasteiger partial charge on any atom is -0.353 e. The topological polar surface area (TPSA) is 56.7 Å². The van der Waals surface area contributed by atoms with Crippen LogP contribution in [0.1, 0.15) is 38.5 Å². The van der Waals surface area contributed by atoms with Crippen LogP contribution in [0, 0.1) is 11.8 Å². The predicted octanol–water partition coefficient (Wildman–Crippen LogP) is 1.52. The molecule has 0 aliphatic heterocycles. The largest absolute Gasteiger partial charge is 0.353 e. The Hall–Kier alpha value is -1.52. The molecular weight excluding hydrogens is 276 g/mol. The molecule has 3 rings (SSSR count). The number of hydrogen-bond donors (Lipinski definition) is 2. The maximum absolute atomic E-state index is 11.8. The van der Waals surface area contributed by atoms with Gasteiger partial charge in [0.15, 0.2) is 5.96 Å². The number of nitrogens with zero attached hydrogens (tertiary/aromatic N) is 2. The van der Waals surface area contributed by atoms with E-state index in [-0.39, 0.29) is 12.5 Å². The summed E-state index contributed by atoms with van der Waals surface area (Å²) < 4.78 is 0. The molecule has 0 aromatic carbocycles. The number of hydrogen-bond acceptors (Lipinski definition) is 2. The van der Waals surface area contributed by atoms with Crippen LogP contribution in [0.5, 0.6) is 0 Å². The number of aliphatic imine (C=N–C) groups is 1. The Morgan fingerprint density at radius 2 is 1.95 bits per heavy atom. The summed E-state index contributed by atoms with van der Waals surface area (Å²) in [6.45, 7) is 0.212. The summed E-state index contributed by atoms with van der Waals surface area (Å²) >= 11 is 0. The Labute approximate surface area is 133 Å². The molecule has 2 fully saturated rings. The Morgan fingerprint density at radius 3 is 2.55 bits per heavy atom. The molecule has 1 amide bonds. The molecule has 0 radical (unpaired) electrons. The average Bonchev–Trinajstić information content (AvgIpc) is 3.21. The monoisotopic (exact) mass is 304 g/mol. The van der Waals surface area contributed by atoms with Crippen molar-refractivity contribution in [2.45, 2.75) is 50.6 Å². The minimum absolute atomic E-state index is 0.0404. The van der Waals surface area contributed by atoms with Crippen molar-refractivity contribution in [1.29, 1.82) is 0 Å². The number of fused-ring (bicyclic) bond motifs is 2. The maximum Gasteiger partial charge on any atom is 0.243 e. The highest BCUT2D eigenvalue weighted by Gasteiger charge is 2.39. The van der Waals surface area contributed by atoms with Crippen molar-refractivity contribution in [2.24, 2.45) is 16.8 Å². The van der Waals surface area contributed by atoms with E-state index in [4.69, 9.17) is 0 Å². The van der Waals surface area contributed by atoms with Gasteiger partial charge in [-0.25, -0.2) is 4.99 Å². The van der Waals surface area contributed by atoms with E-state index in [1.165, 1.54) is 25.7 Å². The fraction of sp³-hybridized carbons (Fsp3) is 0.765. The van der Waals surface area contributed by atoms with Crippen molar-refractivity contribution in [3.63, 3.8) is 0 Å². The van der Waals surface area contributed by atoms with Crippen molar-refractivity contribution in [3.05, 3.63) is 12.2 Å². The van der Waals surface area contributed by atoms with Crippen molar-refractivity contribution >= 4 is 11.9 Å². The van der Waals surface area contributed by atoms with Gasteiger partial charge in [-0.05, 0) is 43.9 Å². The first kappa shape index (κ1) is 15.4. The van der Waals surface area contributed by atoms with Crippen LogP contribution in [-0.2, 0) is 4.79 Å². The van der Waals surface area contributed by atoms with E-state index >= 15 is 0 Å². The molecule has 0 spiro atoms. The summed E-state index contributed by atoms with van der Waals surface area (Å²) in [6.07, 6.45) is 11.9. The fourth-order valence-corrected chi connectivity index (χ4v) is 3.95. The van der Waals surface area contributed by atoms with Gasteiger partial charge in [0.2, 0.25) is 5.91 Å². The standard InChI is InChI=1S/C17H28N4O/c1-21(2)16(22)11-18-17(19-14-5-3-4-6-14)20-15-10-12-7-8-13(15)9-12/h3-4,12-15H,5-11H2,1-2H3,(H2,18,19,20). The minimum atomic E-state index is 0.0404. The van der Waals surface area contributed by atoms with Crippen molar-refractivity contribution in [2.75, 3.05) is 20.6 Å². The second-order valence-electron chi connectivity index (χ2n) is 7.16. The molecule has 2 saturated carbocycles. The summed E-state index contributed by atoms with van der Waals surface area (Å²) in [4.78, 5) is 17.9. The van der Waals surface area contributed by atoms with Crippen LogP contribution >= 0.6 is 0 Å². The molecule has 3 atom stereocenters. The van der Waals surface area contributed by atoms with Gasteiger partial charge < -0.3 is 15.5 Å². The normalized spacial score (nSPS) is 30.8. The smallest absolute Gasteiger partial charge is 0.243 e. The number of carbonyl (C=O) groups is 1. The SMILES string of the molecule is CN(C)C(=O)CN=C(NC1CC=CC1)NC1CC2CCC1C2. The van der Waals surface area contributed by atoms with Crippen molar-refractivity contribution in [3.8, 4) is 0 Å². The second-order valence-corrected chi connectivity index (χ2v) is 7.16. The number of carbonyl (C=O) groups excluding carboxylic acids is 1. The third kappa shape index (κ3) is 3.62. The van der Waals surface area contributed by atoms with E-state index in [2.05, 4.69) is 27.8 Å². The molecule has 0 aromatic heterocycles. The molecule has 2 N–H and O–H groups in total. The van der Waals surface area contributed by atoms with Crippen LogP contribution < -0.4 is 10.6 Å². The second kappa shape index (κ2) is 6.71. The van der Waals surface area contributed by atoms with Crippen LogP contribution in [-0.4, -0.2) is 49.5 Å². The van der Waals surface area contributed by atoms with Crippen LogP contribution in [0.25, 0.3) is 0 Å². The van der Waals surface area contributed by atoms with E-state index in [0.717, 1.165) is 30.6 Å². The quantitative estimate of drug-likeness (QED) is 0.470. The van der Waals surface area contributed by atoms with Gasteiger partial charge in [-0.15, -0.1) is 0 Å². The summed E-state index contributed by atoms with van der Waals surface area (Å²) in [5.41, 5.74) is 0. The Kier molecular flexibility index (Phi) is 4.69. The Morgan fingerprint density at radius 1 is 1.18 bits per heavy atom. The van der Waals surface area contributed by atoms with Crippen molar-refractivity contribution in [1.82, 2.24) is 15.5 Å². The molecule has 5 heteroatoms. The summed E-state index contributed by atoms with van der Waals surface area (Å²) in [5, 5.41) is 7.11. The molecule has 3 aliphatic rings. The van der Waals surface area contributed by atoms with E-state index in [1.54, 1.807) is 19.0 Å². The van der Waals surface area contributed by atoms with Crippen LogP contribution in [0.15, 0.2) is 17.1 Å². The van der Waals surface area contributed by atoms with E-state index in [9.17, 15) is 4.79 Å². The van der Waals surface area contributed by atoms with E-state index in [1.807, 2.05) is 0 Å². The first-order valence-electron chi connectivity index (χ1n) is 8.54. The first-order valence-corrected chi connectivity index (χ1v) is 8.54. The zero-order valence-electron chi connectivity index (χ0n) is 13.7. The number of likely N-dealkylation sites (N-methyl/N-ethyl adjacent to an activating group) is 1. The van der Waals surface area contributed by atoms with Crippen LogP contribution in [0.4, 0.5) is 0 Å². The number of rotatable bonds is 4. The van der Waals surface area contributed by atoms with Gasteiger partial charge in [0.05, 0.1) is 0 Å². The molecule has 5 nitrogen and oxygen atoms in total. The van der Waals surface area contributed by atoms with Gasteiger partial charge in [0, 0.05) is 26.2 Å². The lowest BCUT2D eigenvalue weighted by molar-refractivity contribution is -0.127. The van der Waals surface area contributed by atoms with Gasteiger partial charge in [-0.1, -0.05) is 18.6 Å². The highest BCUT2D eigenvalue weighted by molar-refractivity contribution is 5.85. The fourth-order valence-electron chi connectivity index (χ4n) is 3.95. The Bertz CT molecular complexity index is 463. The van der Waals surface area contributed by atoms with Gasteiger partial charge in [0.1, 0.15) is 6.54 Å². The molecule has 122 valence electrons. The molecule has 3 unspecified atom stereocenters. The average molecular weight is 304 g/mol. The Balaban J connectivity index is 1.60. The molecule has 2 bridgehead atoms. The number of amides is 1. The zero-order chi connectivity index (χ0) is 15.5. The lowest BCUT2D eigenvalue weighted by Crippen LogP contribution is -2.49. The summed E-state index contributed by atoms with van der Waals surface area (Å²) in [5.74, 6) is 2.56. The summed E-state index contributed by atoms with van der Waals surface area (Å²) in [6, 6.07) is 0.952. The molecule has 0 heterocycles. The number of guanidine groups is 1. The van der Waals surface area contributed by atoms with Gasteiger partial charge in [-0.3, -0.25) is 4.79 Å². The lowest BCUT2D eigenvalue weighted by Gasteiger charge is -2.26. The number of nitrogens with one attached hydrogen (secondary N) is 2. The molecule has 22 heavy (non-hydrogen) atoms. The lowest BCUT2D eigenvalue weighted by atomic mass is 9.95. The third-order valence-electron chi connectivity index (χ3n) is 5.28. The van der Waals surface area contributed by atoms with Gasteiger partial charge in [-0.2, -0.15) is 0 Å². The van der Waals surface area contributed by atoms with Crippen molar-refractivity contribution < 1.29 is 4.79 Å². The highest BCUT2D eigenvalue weighted by atomic mass is 16.2. The van der Waals surface area contributed by atoms with E-state index < -0.39 is 0 Å². The molecule has 3 aliphatic carbocycles. The molecule has 0 saturated heterocycles. The van der Waals surface area contributed by atoms with Crippen LogP contribution in [0.3, 0.4) is 0 Å². The molecule has 0 aromatic rings.